The van der Waals surface area contributed by atoms with E-state index in [1.54, 1.807) is 6.20 Å². The highest BCUT2D eigenvalue weighted by Gasteiger charge is 2.12. The Kier molecular flexibility index (Phi) is 2.23. The first-order valence-electron chi connectivity index (χ1n) is 6.41. The molecule has 0 atom stereocenters. The molecule has 4 nitrogen and oxygen atoms in total. The predicted octanol–water partition coefficient (Wildman–Crippen LogP) is 3.36. The van der Waals surface area contributed by atoms with Crippen LogP contribution in [0.1, 0.15) is 0 Å². The van der Waals surface area contributed by atoms with Crippen molar-refractivity contribution < 1.29 is 0 Å². The van der Waals surface area contributed by atoms with Gasteiger partial charge in [0.1, 0.15) is 5.69 Å². The van der Waals surface area contributed by atoms with Crippen molar-refractivity contribution in [2.45, 2.75) is 0 Å². The number of nitrogens with two attached hydrogens (primary N) is 1. The fourth-order valence-corrected chi connectivity index (χ4v) is 2.56. The van der Waals surface area contributed by atoms with Crippen molar-refractivity contribution in [3.63, 3.8) is 0 Å². The Morgan fingerprint density at radius 2 is 1.80 bits per heavy atom. The second kappa shape index (κ2) is 4.06. The zero-order chi connectivity index (χ0) is 13.5. The lowest BCUT2D eigenvalue weighted by Crippen LogP contribution is -1.86. The maximum Gasteiger partial charge on any atom is 0.102 e. The number of hydrogen-bond donors (Lipinski definition) is 2. The quantitative estimate of drug-likeness (QED) is 0.516. The Hall–Kier alpha value is -2.88. The normalized spacial score (nSPS) is 11.2. The van der Waals surface area contributed by atoms with Crippen molar-refractivity contribution in [3.8, 4) is 11.3 Å². The first-order valence-corrected chi connectivity index (χ1v) is 6.41. The number of nitrogens with zero attached hydrogens (tertiary/aromatic N) is 2. The number of aromatic nitrogens is 3. The van der Waals surface area contributed by atoms with E-state index >= 15 is 0 Å². The van der Waals surface area contributed by atoms with Crippen molar-refractivity contribution in [2.24, 2.45) is 0 Å². The van der Waals surface area contributed by atoms with Gasteiger partial charge < -0.3 is 5.73 Å². The summed E-state index contributed by atoms with van der Waals surface area (Å²) in [4.78, 5) is 4.48. The minimum Gasteiger partial charge on any atom is -0.397 e. The second-order valence-corrected chi connectivity index (χ2v) is 4.72. The maximum atomic E-state index is 5.97. The lowest BCUT2D eigenvalue weighted by atomic mass is 10.0. The summed E-state index contributed by atoms with van der Waals surface area (Å²) in [6.45, 7) is 0. The number of rotatable bonds is 1. The number of nitrogen functional groups attached to an aromatic ring is 1. The van der Waals surface area contributed by atoms with Crippen molar-refractivity contribution in [1.29, 1.82) is 0 Å². The minimum absolute atomic E-state index is 0.703. The highest BCUT2D eigenvalue weighted by atomic mass is 15.1. The molecule has 4 rings (SSSR count). The lowest BCUT2D eigenvalue weighted by Gasteiger charge is -2.03. The van der Waals surface area contributed by atoms with Gasteiger partial charge in [-0.05, 0) is 12.1 Å². The summed E-state index contributed by atoms with van der Waals surface area (Å²) < 4.78 is 0. The van der Waals surface area contributed by atoms with Crippen LogP contribution < -0.4 is 5.73 Å². The van der Waals surface area contributed by atoms with Crippen LogP contribution in [-0.4, -0.2) is 15.2 Å². The topological polar surface area (TPSA) is 67.6 Å². The summed E-state index contributed by atoms with van der Waals surface area (Å²) >= 11 is 0. The zero-order valence-corrected chi connectivity index (χ0v) is 10.7. The van der Waals surface area contributed by atoms with Crippen LogP contribution in [0.15, 0.2) is 54.7 Å². The molecule has 2 heterocycles. The van der Waals surface area contributed by atoms with E-state index in [0.29, 0.717) is 5.69 Å². The van der Waals surface area contributed by atoms with Crippen LogP contribution in [0.3, 0.4) is 0 Å². The van der Waals surface area contributed by atoms with Gasteiger partial charge in [-0.1, -0.05) is 36.4 Å². The molecule has 0 radical (unpaired) electrons. The molecule has 4 heteroatoms. The van der Waals surface area contributed by atoms with E-state index in [4.69, 9.17) is 5.73 Å². The number of aromatic amines is 1. The number of pyridine rings is 1. The molecular formula is C16H12N4. The molecular weight excluding hydrogens is 248 g/mol. The zero-order valence-electron chi connectivity index (χ0n) is 10.7. The summed E-state index contributed by atoms with van der Waals surface area (Å²) in [7, 11) is 0. The summed E-state index contributed by atoms with van der Waals surface area (Å²) in [6, 6.07) is 15.9. The maximum absolute atomic E-state index is 5.97. The Morgan fingerprint density at radius 3 is 2.75 bits per heavy atom. The van der Waals surface area contributed by atoms with Gasteiger partial charge in [-0.15, -0.1) is 0 Å². The van der Waals surface area contributed by atoms with E-state index in [-0.39, 0.29) is 0 Å². The molecule has 0 fully saturated rings. The number of para-hydroxylation sites is 2. The molecule has 96 valence electrons. The summed E-state index contributed by atoms with van der Waals surface area (Å²) in [5.74, 6) is 0. The van der Waals surface area contributed by atoms with Gasteiger partial charge >= 0.3 is 0 Å². The summed E-state index contributed by atoms with van der Waals surface area (Å²) in [5, 5.41) is 9.57. The molecule has 0 aliphatic carbocycles. The third-order valence-electron chi connectivity index (χ3n) is 3.52. The molecule has 0 saturated carbocycles. The van der Waals surface area contributed by atoms with Crippen LogP contribution >= 0.6 is 0 Å². The van der Waals surface area contributed by atoms with Gasteiger partial charge in [0.25, 0.3) is 0 Å². The minimum atomic E-state index is 0.703. The number of H-pyrrole nitrogens is 1. The van der Waals surface area contributed by atoms with E-state index in [1.165, 1.54) is 0 Å². The Bertz CT molecular complexity index is 919. The highest BCUT2D eigenvalue weighted by molar-refractivity contribution is 6.04. The molecule has 20 heavy (non-hydrogen) atoms. The smallest absolute Gasteiger partial charge is 0.102 e. The molecule has 2 aromatic heterocycles. The van der Waals surface area contributed by atoms with E-state index in [1.807, 2.05) is 36.4 Å². The van der Waals surface area contributed by atoms with Crippen LogP contribution in [0, 0.1) is 0 Å². The van der Waals surface area contributed by atoms with Crippen LogP contribution in [0.25, 0.3) is 33.1 Å². The third kappa shape index (κ3) is 1.48. The molecule has 2 aromatic carbocycles. The van der Waals surface area contributed by atoms with Gasteiger partial charge in [0.05, 0.1) is 16.7 Å². The average molecular weight is 260 g/mol. The molecule has 0 amide bonds. The lowest BCUT2D eigenvalue weighted by molar-refractivity contribution is 1.12. The molecule has 4 aromatic rings. The van der Waals surface area contributed by atoms with E-state index in [9.17, 15) is 0 Å². The van der Waals surface area contributed by atoms with Crippen LogP contribution in [0.2, 0.25) is 0 Å². The Morgan fingerprint density at radius 1 is 0.950 bits per heavy atom. The summed E-state index contributed by atoms with van der Waals surface area (Å²) in [5.41, 5.74) is 10.4. The van der Waals surface area contributed by atoms with E-state index in [2.05, 4.69) is 27.3 Å². The van der Waals surface area contributed by atoms with Gasteiger partial charge in [-0.2, -0.15) is 5.10 Å². The van der Waals surface area contributed by atoms with Gasteiger partial charge in [-0.3, -0.25) is 10.1 Å². The molecule has 0 aliphatic heterocycles. The molecule has 0 saturated heterocycles. The van der Waals surface area contributed by atoms with Crippen LogP contribution in [-0.2, 0) is 0 Å². The average Bonchev–Trinajstić information content (AvgIpc) is 2.92. The standard InChI is InChI=1S/C16H12N4/c17-13-8-2-7-12-15(19-20-16(12)13)11-6-1-4-10-5-3-9-18-14(10)11/h1-9H,17H2,(H,19,20). The Labute approximate surface area is 115 Å². The first-order chi connectivity index (χ1) is 9.84. The SMILES string of the molecule is Nc1cccc2c(-c3cccc4cccnc34)n[nH]c12. The molecule has 0 bridgehead atoms. The Balaban J connectivity index is 2.09. The van der Waals surface area contributed by atoms with Gasteiger partial charge in [-0.25, -0.2) is 0 Å². The first kappa shape index (κ1) is 11.0. The monoisotopic (exact) mass is 260 g/mol. The van der Waals surface area contributed by atoms with Crippen molar-refractivity contribution in [2.75, 3.05) is 5.73 Å². The number of fused-ring (bicyclic) bond motifs is 2. The molecule has 0 spiro atoms. The van der Waals surface area contributed by atoms with Crippen molar-refractivity contribution in [1.82, 2.24) is 15.2 Å². The summed E-state index contributed by atoms with van der Waals surface area (Å²) in [6.07, 6.45) is 1.80. The number of benzene rings is 2. The third-order valence-corrected chi connectivity index (χ3v) is 3.52. The molecule has 0 aliphatic rings. The fourth-order valence-electron chi connectivity index (χ4n) is 2.56. The van der Waals surface area contributed by atoms with Crippen molar-refractivity contribution in [3.05, 3.63) is 54.7 Å². The van der Waals surface area contributed by atoms with E-state index < -0.39 is 0 Å². The number of hydrogen-bond acceptors (Lipinski definition) is 3. The largest absolute Gasteiger partial charge is 0.397 e. The van der Waals surface area contributed by atoms with Gasteiger partial charge in [0.15, 0.2) is 0 Å². The van der Waals surface area contributed by atoms with Gasteiger partial charge in [0.2, 0.25) is 0 Å². The van der Waals surface area contributed by atoms with Gasteiger partial charge in [0, 0.05) is 22.5 Å². The van der Waals surface area contributed by atoms with Crippen molar-refractivity contribution >= 4 is 27.5 Å². The van der Waals surface area contributed by atoms with E-state index in [0.717, 1.165) is 33.1 Å². The number of anilines is 1. The fraction of sp³-hybridized carbons (Fsp3) is 0. The molecule has 3 N–H and O–H groups in total. The predicted molar refractivity (Wildman–Crippen MR) is 81.2 cm³/mol. The molecule has 0 unspecified atom stereocenters. The van der Waals surface area contributed by atoms with Crippen LogP contribution in [0.5, 0.6) is 0 Å². The number of nitrogens with one attached hydrogen (secondary N) is 1. The van der Waals surface area contributed by atoms with Crippen LogP contribution in [0.4, 0.5) is 5.69 Å². The highest BCUT2D eigenvalue weighted by Crippen LogP contribution is 2.32. The second-order valence-electron chi connectivity index (χ2n) is 4.72.